The summed E-state index contributed by atoms with van der Waals surface area (Å²) in [7, 11) is 0. The van der Waals surface area contributed by atoms with E-state index in [0.717, 1.165) is 5.56 Å². The number of carbonyl (C=O) groups is 2. The zero-order valence-corrected chi connectivity index (χ0v) is 19.1. The molecule has 2 aromatic carbocycles. The van der Waals surface area contributed by atoms with E-state index in [1.807, 2.05) is 37.3 Å². The molecule has 2 aromatic heterocycles. The molecule has 0 saturated carbocycles. The van der Waals surface area contributed by atoms with Gasteiger partial charge in [0, 0.05) is 35.1 Å². The van der Waals surface area contributed by atoms with Gasteiger partial charge in [-0.15, -0.1) is 0 Å². The summed E-state index contributed by atoms with van der Waals surface area (Å²) in [5.41, 5.74) is 1.88. The maximum atomic E-state index is 13.6. The van der Waals surface area contributed by atoms with Gasteiger partial charge in [0.15, 0.2) is 5.78 Å². The van der Waals surface area contributed by atoms with Crippen molar-refractivity contribution in [2.45, 2.75) is 26.8 Å². The summed E-state index contributed by atoms with van der Waals surface area (Å²) >= 11 is 6.29. The van der Waals surface area contributed by atoms with Crippen LogP contribution in [0.4, 0.5) is 4.79 Å². The number of pyridine rings is 1. The highest BCUT2D eigenvalue weighted by molar-refractivity contribution is 6.31. The number of hydrogen-bond donors (Lipinski definition) is 1. The monoisotopic (exact) mass is 462 g/mol. The van der Waals surface area contributed by atoms with Gasteiger partial charge in [0.25, 0.3) is 5.56 Å². The lowest BCUT2D eigenvalue weighted by atomic mass is 9.94. The fourth-order valence-corrected chi connectivity index (χ4v) is 4.12. The summed E-state index contributed by atoms with van der Waals surface area (Å²) in [5, 5.41) is 8.33. The molecule has 0 atom stereocenters. The van der Waals surface area contributed by atoms with Crippen molar-refractivity contribution in [3.63, 3.8) is 0 Å². The SMILES string of the molecule is CCNC(=O)n1nccc1Cn1c(C(=O)CC)c(-c2ccccc2)c2cc(Cl)ccc2c1=O. The molecule has 0 spiro atoms. The first-order valence-electron chi connectivity index (χ1n) is 10.7. The van der Waals surface area contributed by atoms with Crippen LogP contribution in [0.15, 0.2) is 65.6 Å². The first kappa shape index (κ1) is 22.5. The van der Waals surface area contributed by atoms with Crippen molar-refractivity contribution in [2.75, 3.05) is 6.54 Å². The molecule has 8 heteroatoms. The molecule has 0 aliphatic heterocycles. The molecule has 168 valence electrons. The molecule has 0 bridgehead atoms. The average molecular weight is 463 g/mol. The van der Waals surface area contributed by atoms with Gasteiger partial charge in [-0.3, -0.25) is 14.2 Å². The van der Waals surface area contributed by atoms with Crippen LogP contribution in [0.3, 0.4) is 0 Å². The molecule has 1 N–H and O–H groups in total. The number of fused-ring (bicyclic) bond motifs is 1. The molecule has 7 nitrogen and oxygen atoms in total. The molecule has 1 amide bonds. The van der Waals surface area contributed by atoms with E-state index < -0.39 is 6.03 Å². The number of Topliss-reactive ketones (excluding diaryl/α,β-unsaturated/α-hetero) is 1. The Balaban J connectivity index is 2.05. The van der Waals surface area contributed by atoms with Crippen LogP contribution in [0, 0.1) is 0 Å². The Morgan fingerprint density at radius 2 is 1.79 bits per heavy atom. The summed E-state index contributed by atoms with van der Waals surface area (Å²) in [5.74, 6) is -0.183. The first-order chi connectivity index (χ1) is 16.0. The summed E-state index contributed by atoms with van der Waals surface area (Å²) < 4.78 is 2.65. The van der Waals surface area contributed by atoms with Crippen molar-refractivity contribution in [3.8, 4) is 11.1 Å². The van der Waals surface area contributed by atoms with E-state index in [4.69, 9.17) is 11.6 Å². The second kappa shape index (κ2) is 9.42. The van der Waals surface area contributed by atoms with Crippen molar-refractivity contribution in [1.82, 2.24) is 19.7 Å². The van der Waals surface area contributed by atoms with Crippen molar-refractivity contribution in [2.24, 2.45) is 0 Å². The van der Waals surface area contributed by atoms with Gasteiger partial charge in [-0.05, 0) is 42.1 Å². The standard InChI is InChI=1S/C25H23ClN4O3/c1-3-21(31)23-22(16-8-6-5-7-9-16)20-14-17(26)10-11-19(20)24(32)29(23)15-18-12-13-28-30(18)25(33)27-4-2/h5-14H,3-4,15H2,1-2H3,(H,27,33). The van der Waals surface area contributed by atoms with E-state index in [2.05, 4.69) is 10.4 Å². The highest BCUT2D eigenvalue weighted by Crippen LogP contribution is 2.33. The van der Waals surface area contributed by atoms with Gasteiger partial charge in [-0.2, -0.15) is 9.78 Å². The predicted octanol–water partition coefficient (Wildman–Crippen LogP) is 4.74. The third-order valence-corrected chi connectivity index (χ3v) is 5.68. The first-order valence-corrected chi connectivity index (χ1v) is 11.1. The number of amides is 1. The summed E-state index contributed by atoms with van der Waals surface area (Å²) in [4.78, 5) is 39.3. The van der Waals surface area contributed by atoms with E-state index in [1.54, 1.807) is 31.2 Å². The lowest BCUT2D eigenvalue weighted by Gasteiger charge is -2.19. The topological polar surface area (TPSA) is 86.0 Å². The molecule has 0 aliphatic carbocycles. The fourth-order valence-electron chi connectivity index (χ4n) is 3.95. The molecule has 0 aliphatic rings. The third-order valence-electron chi connectivity index (χ3n) is 5.44. The van der Waals surface area contributed by atoms with Crippen LogP contribution >= 0.6 is 11.6 Å². The third kappa shape index (κ3) is 4.19. The molecular weight excluding hydrogens is 440 g/mol. The average Bonchev–Trinajstić information content (AvgIpc) is 3.29. The molecule has 0 radical (unpaired) electrons. The summed E-state index contributed by atoms with van der Waals surface area (Å²) in [6.45, 7) is 4.01. The molecule has 33 heavy (non-hydrogen) atoms. The smallest absolute Gasteiger partial charge is 0.336 e. The van der Waals surface area contributed by atoms with Crippen LogP contribution in [0.5, 0.6) is 0 Å². The largest absolute Gasteiger partial charge is 0.342 e. The van der Waals surface area contributed by atoms with Crippen LogP contribution in [0.25, 0.3) is 21.9 Å². The molecule has 4 rings (SSSR count). The Kier molecular flexibility index (Phi) is 6.42. The summed E-state index contributed by atoms with van der Waals surface area (Å²) in [6, 6.07) is 15.8. The number of rotatable bonds is 6. The number of carbonyl (C=O) groups excluding carboxylic acids is 2. The highest BCUT2D eigenvalue weighted by Gasteiger charge is 2.24. The zero-order valence-electron chi connectivity index (χ0n) is 18.3. The molecule has 0 saturated heterocycles. The van der Waals surface area contributed by atoms with E-state index >= 15 is 0 Å². The molecular formula is C25H23ClN4O3. The van der Waals surface area contributed by atoms with Crippen molar-refractivity contribution >= 4 is 34.2 Å². The number of benzene rings is 2. The van der Waals surface area contributed by atoms with Gasteiger partial charge in [0.05, 0.1) is 17.9 Å². The number of aromatic nitrogens is 3. The quantitative estimate of drug-likeness (QED) is 0.419. The Hall–Kier alpha value is -3.71. The lowest BCUT2D eigenvalue weighted by molar-refractivity contribution is 0.0979. The minimum Gasteiger partial charge on any atom is -0.336 e. The van der Waals surface area contributed by atoms with E-state index in [-0.39, 0.29) is 30.0 Å². The lowest BCUT2D eigenvalue weighted by Crippen LogP contribution is -2.33. The van der Waals surface area contributed by atoms with Gasteiger partial charge in [-0.1, -0.05) is 48.9 Å². The minimum atomic E-state index is -0.398. The van der Waals surface area contributed by atoms with Crippen LogP contribution in [-0.2, 0) is 6.54 Å². The zero-order chi connectivity index (χ0) is 23.5. The van der Waals surface area contributed by atoms with Gasteiger partial charge in [0.2, 0.25) is 0 Å². The maximum absolute atomic E-state index is 13.6. The normalized spacial score (nSPS) is 11.0. The maximum Gasteiger partial charge on any atom is 0.342 e. The van der Waals surface area contributed by atoms with Crippen LogP contribution in [0.2, 0.25) is 5.02 Å². The van der Waals surface area contributed by atoms with Crippen molar-refractivity contribution < 1.29 is 9.59 Å². The molecule has 0 unspecified atom stereocenters. The highest BCUT2D eigenvalue weighted by atomic mass is 35.5. The van der Waals surface area contributed by atoms with Crippen molar-refractivity contribution in [1.29, 1.82) is 0 Å². The Labute approximate surface area is 195 Å². The molecule has 2 heterocycles. The second-order valence-corrected chi connectivity index (χ2v) is 7.95. The number of halogens is 1. The van der Waals surface area contributed by atoms with Gasteiger partial charge in [0.1, 0.15) is 0 Å². The molecule has 0 fully saturated rings. The van der Waals surface area contributed by atoms with Crippen molar-refractivity contribution in [3.05, 3.63) is 87.6 Å². The summed E-state index contributed by atoms with van der Waals surface area (Å²) in [6.07, 6.45) is 1.71. The van der Waals surface area contributed by atoms with Gasteiger partial charge >= 0.3 is 6.03 Å². The number of nitrogens with one attached hydrogen (secondary N) is 1. The van der Waals surface area contributed by atoms with Crippen LogP contribution in [0.1, 0.15) is 36.5 Å². The van der Waals surface area contributed by atoms with E-state index in [1.165, 1.54) is 15.4 Å². The van der Waals surface area contributed by atoms with Gasteiger partial charge in [-0.25, -0.2) is 4.79 Å². The Morgan fingerprint density at radius 1 is 1.03 bits per heavy atom. The van der Waals surface area contributed by atoms with E-state index in [9.17, 15) is 14.4 Å². The molecule has 4 aromatic rings. The number of hydrogen-bond acceptors (Lipinski definition) is 4. The van der Waals surface area contributed by atoms with Crippen LogP contribution in [-0.4, -0.2) is 32.7 Å². The second-order valence-electron chi connectivity index (χ2n) is 7.52. The Morgan fingerprint density at radius 3 is 2.48 bits per heavy atom. The Bertz CT molecular complexity index is 1410. The number of nitrogens with zero attached hydrogens (tertiary/aromatic N) is 3. The van der Waals surface area contributed by atoms with E-state index in [0.29, 0.717) is 33.6 Å². The predicted molar refractivity (Wildman–Crippen MR) is 129 cm³/mol. The minimum absolute atomic E-state index is 0.00937. The van der Waals surface area contributed by atoms with Crippen LogP contribution < -0.4 is 10.9 Å². The van der Waals surface area contributed by atoms with Gasteiger partial charge < -0.3 is 5.32 Å². The fraction of sp³-hybridized carbons (Fsp3) is 0.200. The number of ketones is 1.